The maximum atomic E-state index is 11.5. The highest BCUT2D eigenvalue weighted by atomic mass is 16.5. The van der Waals surface area contributed by atoms with E-state index in [0.717, 1.165) is 55.6 Å². The number of aliphatic imine (C=N–C) groups is 1. The van der Waals surface area contributed by atoms with Crippen molar-refractivity contribution in [3.8, 4) is 5.75 Å². The molecule has 1 aliphatic rings. The standard InChI is InChI=1S/C23H32N6O2/c1-25-23(28(2)16-17-6-8-20(31-3)9-7-17)27-15-19-5-4-12-26-22(19)29-13-10-18(11-14-29)21(24)30/h4-9,12,18H,10-11,13-16H2,1-3H3,(H2,24,30)(H,25,27). The molecule has 8 nitrogen and oxygen atoms in total. The van der Waals surface area contributed by atoms with Gasteiger partial charge in [0.1, 0.15) is 11.6 Å². The molecule has 2 aromatic rings. The van der Waals surface area contributed by atoms with Crippen LogP contribution in [0.2, 0.25) is 0 Å². The van der Waals surface area contributed by atoms with Gasteiger partial charge in [0.25, 0.3) is 0 Å². The molecule has 0 radical (unpaired) electrons. The van der Waals surface area contributed by atoms with Crippen LogP contribution in [0.4, 0.5) is 5.82 Å². The number of piperidine rings is 1. The third kappa shape index (κ3) is 5.87. The third-order valence-electron chi connectivity index (χ3n) is 5.65. The molecule has 1 aromatic carbocycles. The van der Waals surface area contributed by atoms with Crippen LogP contribution < -0.4 is 20.7 Å². The van der Waals surface area contributed by atoms with Crippen molar-refractivity contribution in [3.63, 3.8) is 0 Å². The van der Waals surface area contributed by atoms with Crippen LogP contribution in [-0.4, -0.2) is 56.0 Å². The SMILES string of the molecule is CN=C(NCc1cccnc1N1CCC(C(N)=O)CC1)N(C)Cc1ccc(OC)cc1. The summed E-state index contributed by atoms with van der Waals surface area (Å²) in [6.45, 7) is 2.90. The first-order valence-corrected chi connectivity index (χ1v) is 10.5. The van der Waals surface area contributed by atoms with E-state index < -0.39 is 0 Å². The van der Waals surface area contributed by atoms with Gasteiger partial charge in [0.05, 0.1) is 7.11 Å². The molecular weight excluding hydrogens is 392 g/mol. The Kier molecular flexibility index (Phi) is 7.70. The molecule has 0 aliphatic carbocycles. The van der Waals surface area contributed by atoms with Crippen LogP contribution >= 0.6 is 0 Å². The van der Waals surface area contributed by atoms with Gasteiger partial charge in [0.15, 0.2) is 5.96 Å². The molecule has 1 aromatic heterocycles. The van der Waals surface area contributed by atoms with Gasteiger partial charge in [0.2, 0.25) is 5.91 Å². The van der Waals surface area contributed by atoms with E-state index in [9.17, 15) is 4.79 Å². The Balaban J connectivity index is 1.61. The van der Waals surface area contributed by atoms with E-state index in [-0.39, 0.29) is 11.8 Å². The number of rotatable bonds is 7. The van der Waals surface area contributed by atoms with Crippen LogP contribution in [0.1, 0.15) is 24.0 Å². The third-order valence-corrected chi connectivity index (χ3v) is 5.65. The maximum Gasteiger partial charge on any atom is 0.220 e. The summed E-state index contributed by atoms with van der Waals surface area (Å²) in [6.07, 6.45) is 3.35. The summed E-state index contributed by atoms with van der Waals surface area (Å²) in [5.41, 5.74) is 7.74. The Morgan fingerprint density at radius 1 is 1.29 bits per heavy atom. The largest absolute Gasteiger partial charge is 0.497 e. The number of anilines is 1. The average molecular weight is 425 g/mol. The number of pyridine rings is 1. The number of nitrogens with zero attached hydrogens (tertiary/aromatic N) is 4. The van der Waals surface area contributed by atoms with E-state index in [1.807, 2.05) is 31.4 Å². The lowest BCUT2D eigenvalue weighted by Crippen LogP contribution is -2.40. The molecule has 0 atom stereocenters. The van der Waals surface area contributed by atoms with Crippen LogP contribution in [0, 0.1) is 5.92 Å². The minimum atomic E-state index is -0.203. The van der Waals surface area contributed by atoms with Crippen LogP contribution in [0.15, 0.2) is 47.6 Å². The van der Waals surface area contributed by atoms with Gasteiger partial charge in [-0.15, -0.1) is 0 Å². The van der Waals surface area contributed by atoms with Crippen molar-refractivity contribution in [2.75, 3.05) is 39.2 Å². The van der Waals surface area contributed by atoms with Gasteiger partial charge in [-0.2, -0.15) is 0 Å². The number of hydrogen-bond donors (Lipinski definition) is 2. The number of carbonyl (C=O) groups excluding carboxylic acids is 1. The molecule has 0 saturated carbocycles. The fraction of sp³-hybridized carbons (Fsp3) is 0.435. The number of primary amides is 1. The molecule has 1 saturated heterocycles. The van der Waals surface area contributed by atoms with Gasteiger partial charge in [-0.25, -0.2) is 4.98 Å². The molecule has 166 valence electrons. The number of ether oxygens (including phenoxy) is 1. The minimum absolute atomic E-state index is 0.0352. The number of nitrogens with one attached hydrogen (secondary N) is 1. The summed E-state index contributed by atoms with van der Waals surface area (Å²) in [5.74, 6) is 2.36. The molecule has 1 fully saturated rings. The summed E-state index contributed by atoms with van der Waals surface area (Å²) >= 11 is 0. The molecule has 1 aliphatic heterocycles. The predicted molar refractivity (Wildman–Crippen MR) is 123 cm³/mol. The fourth-order valence-corrected chi connectivity index (χ4v) is 3.87. The molecule has 1 amide bonds. The summed E-state index contributed by atoms with van der Waals surface area (Å²) in [4.78, 5) is 24.8. The quantitative estimate of drug-likeness (QED) is 0.521. The van der Waals surface area contributed by atoms with Crippen molar-refractivity contribution in [3.05, 3.63) is 53.7 Å². The number of hydrogen-bond acceptors (Lipinski definition) is 5. The van der Waals surface area contributed by atoms with Crippen LogP contribution in [0.5, 0.6) is 5.75 Å². The molecule has 0 unspecified atom stereocenters. The van der Waals surface area contributed by atoms with Gasteiger partial charge in [-0.3, -0.25) is 9.79 Å². The van der Waals surface area contributed by atoms with Gasteiger partial charge in [-0.05, 0) is 36.6 Å². The number of guanidine groups is 1. The molecule has 8 heteroatoms. The zero-order valence-corrected chi connectivity index (χ0v) is 18.5. The van der Waals surface area contributed by atoms with E-state index in [1.165, 1.54) is 5.56 Å². The fourth-order valence-electron chi connectivity index (χ4n) is 3.87. The number of amides is 1. The lowest BCUT2D eigenvalue weighted by Gasteiger charge is -2.32. The van der Waals surface area contributed by atoms with Crippen molar-refractivity contribution in [1.29, 1.82) is 0 Å². The number of methoxy groups -OCH3 is 1. The average Bonchev–Trinajstić information content (AvgIpc) is 2.80. The molecular formula is C23H32N6O2. The van der Waals surface area contributed by atoms with Crippen molar-refractivity contribution in [2.24, 2.45) is 16.6 Å². The highest BCUT2D eigenvalue weighted by molar-refractivity contribution is 5.79. The van der Waals surface area contributed by atoms with Crippen molar-refractivity contribution >= 4 is 17.7 Å². The highest BCUT2D eigenvalue weighted by Gasteiger charge is 2.25. The molecule has 3 N–H and O–H groups in total. The van der Waals surface area contributed by atoms with Gasteiger partial charge in [0, 0.05) is 58.0 Å². The maximum absolute atomic E-state index is 11.5. The smallest absolute Gasteiger partial charge is 0.220 e. The van der Waals surface area contributed by atoms with E-state index in [4.69, 9.17) is 10.5 Å². The summed E-state index contributed by atoms with van der Waals surface area (Å²) in [5, 5.41) is 3.45. The molecule has 0 spiro atoms. The van der Waals surface area contributed by atoms with Crippen LogP contribution in [0.3, 0.4) is 0 Å². The number of aromatic nitrogens is 1. The summed E-state index contributed by atoms with van der Waals surface area (Å²) in [6, 6.07) is 12.0. The topological polar surface area (TPSA) is 96.1 Å². The molecule has 31 heavy (non-hydrogen) atoms. The number of carbonyl (C=O) groups is 1. The number of benzene rings is 1. The van der Waals surface area contributed by atoms with Gasteiger partial charge < -0.3 is 25.6 Å². The van der Waals surface area contributed by atoms with Crippen molar-refractivity contribution < 1.29 is 9.53 Å². The van der Waals surface area contributed by atoms with E-state index in [2.05, 4.69) is 43.3 Å². The second-order valence-electron chi connectivity index (χ2n) is 7.75. The number of nitrogens with two attached hydrogens (primary N) is 1. The second kappa shape index (κ2) is 10.7. The normalized spacial score (nSPS) is 14.9. The van der Waals surface area contributed by atoms with E-state index >= 15 is 0 Å². The lowest BCUT2D eigenvalue weighted by atomic mass is 9.96. The van der Waals surface area contributed by atoms with Crippen LogP contribution in [-0.2, 0) is 17.9 Å². The zero-order chi connectivity index (χ0) is 22.2. The monoisotopic (exact) mass is 424 g/mol. The first kappa shape index (κ1) is 22.4. The van der Waals surface area contributed by atoms with Crippen molar-refractivity contribution in [2.45, 2.75) is 25.9 Å². The van der Waals surface area contributed by atoms with Crippen molar-refractivity contribution in [1.82, 2.24) is 15.2 Å². The Morgan fingerprint density at radius 3 is 2.61 bits per heavy atom. The summed E-state index contributed by atoms with van der Waals surface area (Å²) in [7, 11) is 5.46. The predicted octanol–water partition coefficient (Wildman–Crippen LogP) is 2.00. The first-order chi connectivity index (χ1) is 15.0. The van der Waals surface area contributed by atoms with E-state index in [0.29, 0.717) is 6.54 Å². The van der Waals surface area contributed by atoms with Gasteiger partial charge in [-0.1, -0.05) is 18.2 Å². The summed E-state index contributed by atoms with van der Waals surface area (Å²) < 4.78 is 5.23. The second-order valence-corrected chi connectivity index (χ2v) is 7.75. The Hall–Kier alpha value is -3.29. The lowest BCUT2D eigenvalue weighted by molar-refractivity contribution is -0.122. The van der Waals surface area contributed by atoms with Gasteiger partial charge >= 0.3 is 0 Å². The minimum Gasteiger partial charge on any atom is -0.497 e. The Labute approximate surface area is 184 Å². The molecule has 0 bridgehead atoms. The highest BCUT2D eigenvalue weighted by Crippen LogP contribution is 2.24. The van der Waals surface area contributed by atoms with E-state index in [1.54, 1.807) is 14.2 Å². The Bertz CT molecular complexity index is 891. The molecule has 3 rings (SSSR count). The van der Waals surface area contributed by atoms with Crippen LogP contribution in [0.25, 0.3) is 0 Å². The molecule has 2 heterocycles. The zero-order valence-electron chi connectivity index (χ0n) is 18.5. The Morgan fingerprint density at radius 2 is 2.00 bits per heavy atom. The first-order valence-electron chi connectivity index (χ1n) is 10.5.